The van der Waals surface area contributed by atoms with Gasteiger partial charge in [0.2, 0.25) is 0 Å². The predicted octanol–water partition coefficient (Wildman–Crippen LogP) is 2.23. The predicted molar refractivity (Wildman–Crippen MR) is 39.9 cm³/mol. The lowest BCUT2D eigenvalue weighted by Gasteiger charge is -2.14. The van der Waals surface area contributed by atoms with Gasteiger partial charge in [0.25, 0.3) is 0 Å². The van der Waals surface area contributed by atoms with E-state index >= 15 is 0 Å². The molecule has 0 heterocycles. The van der Waals surface area contributed by atoms with E-state index in [0.29, 0.717) is 0 Å². The molecule has 0 spiro atoms. The first-order valence-corrected chi connectivity index (χ1v) is 4.46. The lowest BCUT2D eigenvalue weighted by atomic mass is 10.0. The van der Waals surface area contributed by atoms with Gasteiger partial charge in [0.1, 0.15) is 5.60 Å². The highest BCUT2D eigenvalue weighted by Gasteiger charge is 2.29. The summed E-state index contributed by atoms with van der Waals surface area (Å²) in [7, 11) is -2.45. The lowest BCUT2D eigenvalue weighted by molar-refractivity contribution is 0.0933. The van der Waals surface area contributed by atoms with Gasteiger partial charge in [-0.3, -0.25) is 0 Å². The second kappa shape index (κ2) is 4.02. The van der Waals surface area contributed by atoms with Crippen molar-refractivity contribution in [3.63, 3.8) is 0 Å². The van der Waals surface area contributed by atoms with Crippen LogP contribution in [0.5, 0.6) is 0 Å². The van der Waals surface area contributed by atoms with Gasteiger partial charge >= 0.3 is 8.25 Å². The van der Waals surface area contributed by atoms with Crippen LogP contribution in [0.3, 0.4) is 0 Å². The molecule has 10 heavy (non-hydrogen) atoms. The van der Waals surface area contributed by atoms with Crippen molar-refractivity contribution in [2.75, 3.05) is 0 Å². The Morgan fingerprint density at radius 2 is 2.10 bits per heavy atom. The van der Waals surface area contributed by atoms with E-state index in [4.69, 9.17) is 9.42 Å². The third-order valence-electron chi connectivity index (χ3n) is 1.18. The first-order chi connectivity index (χ1) is 4.48. The molecule has 0 aromatic heterocycles. The van der Waals surface area contributed by atoms with E-state index in [-0.39, 0.29) is 0 Å². The van der Waals surface area contributed by atoms with Gasteiger partial charge in [-0.25, -0.2) is 0 Å². The molecule has 0 saturated carbocycles. The minimum atomic E-state index is -2.45. The fourth-order valence-electron chi connectivity index (χ4n) is 0.859. The molecule has 3 nitrogen and oxygen atoms in total. The highest BCUT2D eigenvalue weighted by molar-refractivity contribution is 7.32. The van der Waals surface area contributed by atoms with Crippen molar-refractivity contribution in [1.82, 2.24) is 0 Å². The summed E-state index contributed by atoms with van der Waals surface area (Å²) in [5.74, 6) is 0. The summed E-state index contributed by atoms with van der Waals surface area (Å²) in [5.41, 5.74) is -0.461. The second-order valence-electron chi connectivity index (χ2n) is 2.84. The summed E-state index contributed by atoms with van der Waals surface area (Å²) in [5, 5.41) is 0. The van der Waals surface area contributed by atoms with Crippen molar-refractivity contribution >= 4 is 8.25 Å². The van der Waals surface area contributed by atoms with Crippen LogP contribution in [0.4, 0.5) is 0 Å². The third kappa shape index (κ3) is 4.86. The maximum atomic E-state index is 10.2. The molecule has 4 heteroatoms. The molecule has 0 amide bonds. The minimum absolute atomic E-state index is 0.461. The van der Waals surface area contributed by atoms with Crippen molar-refractivity contribution in [3.05, 3.63) is 0 Å². The Hall–Kier alpha value is 0.0200. The molecule has 0 radical (unpaired) electrons. The van der Waals surface area contributed by atoms with Crippen LogP contribution < -0.4 is 0 Å². The highest BCUT2D eigenvalue weighted by Crippen LogP contribution is 2.28. The van der Waals surface area contributed by atoms with Crippen LogP contribution in [0.15, 0.2) is 0 Å². The Morgan fingerprint density at radius 3 is 2.40 bits per heavy atom. The van der Waals surface area contributed by atoms with Gasteiger partial charge in [-0.2, -0.15) is 0 Å². The zero-order valence-electron chi connectivity index (χ0n) is 6.63. The molecule has 60 valence electrons. The molecule has 0 aliphatic rings. The van der Waals surface area contributed by atoms with Crippen molar-refractivity contribution in [2.24, 2.45) is 0 Å². The Labute approximate surface area is 62.3 Å². The third-order valence-corrected chi connectivity index (χ3v) is 1.83. The maximum absolute atomic E-state index is 10.2. The topological polar surface area (TPSA) is 46.5 Å². The van der Waals surface area contributed by atoms with Crippen LogP contribution in [-0.2, 0) is 9.09 Å². The van der Waals surface area contributed by atoms with E-state index in [1.54, 1.807) is 13.8 Å². The molecule has 0 rings (SSSR count). The van der Waals surface area contributed by atoms with Crippen LogP contribution in [0.2, 0.25) is 0 Å². The normalized spacial score (nSPS) is 13.4. The van der Waals surface area contributed by atoms with Crippen LogP contribution in [0.25, 0.3) is 0 Å². The van der Waals surface area contributed by atoms with Gasteiger partial charge < -0.3 is 0 Å². The SMILES string of the molecule is CCCC(C)(C)O[P+](=O)O. The Balaban J connectivity index is 3.74. The van der Waals surface area contributed by atoms with Crippen molar-refractivity contribution in [2.45, 2.75) is 39.2 Å². The Morgan fingerprint density at radius 1 is 1.60 bits per heavy atom. The molecule has 1 atom stereocenters. The molecule has 0 saturated heterocycles. The number of hydrogen-bond acceptors (Lipinski definition) is 2. The van der Waals surface area contributed by atoms with E-state index in [9.17, 15) is 4.57 Å². The molecule has 0 aliphatic carbocycles. The molecule has 0 bridgehead atoms. The fraction of sp³-hybridized carbons (Fsp3) is 1.00. The zero-order valence-corrected chi connectivity index (χ0v) is 7.52. The smallest absolute Gasteiger partial charge is 0.133 e. The van der Waals surface area contributed by atoms with E-state index in [2.05, 4.69) is 0 Å². The summed E-state index contributed by atoms with van der Waals surface area (Å²) in [6.07, 6.45) is 1.75. The summed E-state index contributed by atoms with van der Waals surface area (Å²) in [4.78, 5) is 8.40. The largest absolute Gasteiger partial charge is 0.695 e. The molecule has 0 aromatic rings. The summed E-state index contributed by atoms with van der Waals surface area (Å²) in [6, 6.07) is 0. The fourth-order valence-corrected chi connectivity index (χ4v) is 1.37. The van der Waals surface area contributed by atoms with Gasteiger partial charge in [-0.05, 0) is 20.3 Å². The monoisotopic (exact) mass is 165 g/mol. The average molecular weight is 165 g/mol. The van der Waals surface area contributed by atoms with Crippen LogP contribution in [-0.4, -0.2) is 10.5 Å². The van der Waals surface area contributed by atoms with E-state index in [1.165, 1.54) is 0 Å². The quantitative estimate of drug-likeness (QED) is 0.649. The van der Waals surface area contributed by atoms with E-state index in [0.717, 1.165) is 12.8 Å². The van der Waals surface area contributed by atoms with Crippen molar-refractivity contribution in [3.8, 4) is 0 Å². The first-order valence-electron chi connectivity index (χ1n) is 3.33. The van der Waals surface area contributed by atoms with Crippen LogP contribution in [0, 0.1) is 0 Å². The maximum Gasteiger partial charge on any atom is 0.695 e. The second-order valence-corrected chi connectivity index (χ2v) is 3.50. The Kier molecular flexibility index (Phi) is 4.02. The number of rotatable bonds is 4. The molecular weight excluding hydrogens is 151 g/mol. The van der Waals surface area contributed by atoms with Gasteiger partial charge in [-0.15, -0.1) is 9.42 Å². The van der Waals surface area contributed by atoms with Gasteiger partial charge in [-0.1, -0.05) is 13.3 Å². The van der Waals surface area contributed by atoms with Gasteiger partial charge in [0.05, 0.1) is 0 Å². The first kappa shape index (κ1) is 10.0. The van der Waals surface area contributed by atoms with E-state index < -0.39 is 13.9 Å². The molecule has 0 aromatic carbocycles. The summed E-state index contributed by atoms with van der Waals surface area (Å²) in [6.45, 7) is 5.62. The average Bonchev–Trinajstić information content (AvgIpc) is 1.59. The van der Waals surface area contributed by atoms with Gasteiger partial charge in [0.15, 0.2) is 0 Å². The van der Waals surface area contributed by atoms with Crippen LogP contribution in [0.1, 0.15) is 33.6 Å². The standard InChI is InChI=1S/C6H13O3P/c1-4-5-6(2,3)9-10(7)8/h4-5H2,1-3H3/p+1. The zero-order chi connectivity index (χ0) is 8.20. The Bertz CT molecular complexity index is 122. The number of hydrogen-bond donors (Lipinski definition) is 1. The minimum Gasteiger partial charge on any atom is -0.133 e. The van der Waals surface area contributed by atoms with Gasteiger partial charge in [0, 0.05) is 4.57 Å². The molecule has 0 fully saturated rings. The lowest BCUT2D eigenvalue weighted by Crippen LogP contribution is -2.20. The van der Waals surface area contributed by atoms with Crippen LogP contribution >= 0.6 is 8.25 Å². The molecule has 1 N–H and O–H groups in total. The summed E-state index contributed by atoms with van der Waals surface area (Å²) < 4.78 is 15.0. The molecule has 0 aliphatic heterocycles. The molecular formula is C6H14O3P+. The highest BCUT2D eigenvalue weighted by atomic mass is 31.1. The van der Waals surface area contributed by atoms with Crippen molar-refractivity contribution in [1.29, 1.82) is 0 Å². The van der Waals surface area contributed by atoms with Crippen molar-refractivity contribution < 1.29 is 14.0 Å². The summed E-state index contributed by atoms with van der Waals surface area (Å²) >= 11 is 0. The molecule has 1 unspecified atom stereocenters. The van der Waals surface area contributed by atoms with E-state index in [1.807, 2.05) is 6.92 Å².